The second-order valence-corrected chi connectivity index (χ2v) is 5.70. The first-order valence-corrected chi connectivity index (χ1v) is 7.63. The zero-order chi connectivity index (χ0) is 16.6. The third-order valence-corrected chi connectivity index (χ3v) is 4.30. The van der Waals surface area contributed by atoms with Gasteiger partial charge in [0.15, 0.2) is 0 Å². The van der Waals surface area contributed by atoms with Gasteiger partial charge in [-0.05, 0) is 31.9 Å². The largest absolute Gasteiger partial charge is 0.493 e. The minimum absolute atomic E-state index is 0.00496. The van der Waals surface area contributed by atoms with Gasteiger partial charge in [0, 0.05) is 0 Å². The highest BCUT2D eigenvalue weighted by molar-refractivity contribution is 5.98. The van der Waals surface area contributed by atoms with E-state index in [1.165, 1.54) is 6.07 Å². The van der Waals surface area contributed by atoms with Gasteiger partial charge >= 0.3 is 5.97 Å². The molecule has 2 atom stereocenters. The summed E-state index contributed by atoms with van der Waals surface area (Å²) in [5, 5.41) is 9.13. The van der Waals surface area contributed by atoms with Crippen molar-refractivity contribution in [2.24, 2.45) is 0 Å². The number of carbonyl (C=O) groups excluding carboxylic acids is 1. The molecule has 1 N–H and O–H groups in total. The van der Waals surface area contributed by atoms with Crippen LogP contribution in [0.3, 0.4) is 0 Å². The van der Waals surface area contributed by atoms with E-state index >= 15 is 0 Å². The Bertz CT molecular complexity index is 632. The summed E-state index contributed by atoms with van der Waals surface area (Å²) in [7, 11) is 0. The molecule has 2 fully saturated rings. The molecule has 2 saturated heterocycles. The minimum atomic E-state index is -1.29. The van der Waals surface area contributed by atoms with Gasteiger partial charge in [0.1, 0.15) is 17.1 Å². The van der Waals surface area contributed by atoms with Crippen molar-refractivity contribution in [2.45, 2.75) is 31.8 Å². The second-order valence-electron chi connectivity index (χ2n) is 5.70. The van der Waals surface area contributed by atoms with Crippen molar-refractivity contribution in [1.82, 2.24) is 4.90 Å². The van der Waals surface area contributed by atoms with E-state index in [4.69, 9.17) is 14.6 Å². The van der Waals surface area contributed by atoms with Crippen molar-refractivity contribution in [3.8, 4) is 5.75 Å². The fourth-order valence-electron chi connectivity index (χ4n) is 3.26. The number of benzene rings is 1. The fourth-order valence-corrected chi connectivity index (χ4v) is 3.26. The van der Waals surface area contributed by atoms with E-state index in [1.807, 2.05) is 0 Å². The molecule has 1 aromatic carbocycles. The lowest BCUT2D eigenvalue weighted by Gasteiger charge is -2.34. The predicted molar refractivity (Wildman–Crippen MR) is 78.3 cm³/mol. The number of carboxylic acids is 1. The molecule has 2 aliphatic heterocycles. The van der Waals surface area contributed by atoms with Gasteiger partial charge in [0.2, 0.25) is 0 Å². The Morgan fingerprint density at radius 2 is 1.96 bits per heavy atom. The molecule has 124 valence electrons. The van der Waals surface area contributed by atoms with Crippen LogP contribution in [0.25, 0.3) is 0 Å². The maximum absolute atomic E-state index is 14.3. The van der Waals surface area contributed by atoms with Crippen LogP contribution >= 0.6 is 0 Å². The topological polar surface area (TPSA) is 76.1 Å². The first-order chi connectivity index (χ1) is 11.0. The third-order valence-electron chi connectivity index (χ3n) is 4.30. The molecule has 2 bridgehead atoms. The quantitative estimate of drug-likeness (QED) is 0.916. The van der Waals surface area contributed by atoms with Crippen LogP contribution in [0.15, 0.2) is 12.1 Å². The molecule has 1 aromatic rings. The summed E-state index contributed by atoms with van der Waals surface area (Å²) in [6, 6.07) is 1.95. The number of amides is 1. The lowest BCUT2D eigenvalue weighted by Crippen LogP contribution is -2.49. The van der Waals surface area contributed by atoms with Crippen LogP contribution in [0.2, 0.25) is 0 Å². The van der Waals surface area contributed by atoms with Crippen LogP contribution in [0, 0.1) is 5.82 Å². The van der Waals surface area contributed by atoms with Crippen molar-refractivity contribution in [1.29, 1.82) is 0 Å². The first-order valence-electron chi connectivity index (χ1n) is 7.63. The van der Waals surface area contributed by atoms with Crippen LogP contribution in [-0.4, -0.2) is 53.8 Å². The highest BCUT2D eigenvalue weighted by Gasteiger charge is 2.41. The summed E-state index contributed by atoms with van der Waals surface area (Å²) in [4.78, 5) is 25.6. The summed E-state index contributed by atoms with van der Waals surface area (Å²) in [5.41, 5.74) is -0.442. The van der Waals surface area contributed by atoms with Gasteiger partial charge in [-0.25, -0.2) is 9.18 Å². The molecular formula is C16H18FNO5. The number of aromatic carboxylic acids is 1. The Balaban J connectivity index is 1.97. The monoisotopic (exact) mass is 323 g/mol. The number of hydrogen-bond acceptors (Lipinski definition) is 4. The molecule has 2 heterocycles. The van der Waals surface area contributed by atoms with Crippen LogP contribution in [0.1, 0.15) is 40.5 Å². The number of fused-ring (bicyclic) bond motifs is 2. The van der Waals surface area contributed by atoms with E-state index in [1.54, 1.807) is 11.8 Å². The number of ether oxygens (including phenoxy) is 2. The summed E-state index contributed by atoms with van der Waals surface area (Å²) < 4.78 is 25.0. The Morgan fingerprint density at radius 1 is 1.30 bits per heavy atom. The number of carbonyl (C=O) groups is 2. The fraction of sp³-hybridized carbons (Fsp3) is 0.500. The van der Waals surface area contributed by atoms with Crippen LogP contribution < -0.4 is 4.74 Å². The van der Waals surface area contributed by atoms with Crippen LogP contribution in [0.4, 0.5) is 4.39 Å². The molecule has 0 radical (unpaired) electrons. The number of nitrogens with zero attached hydrogens (tertiary/aromatic N) is 1. The summed E-state index contributed by atoms with van der Waals surface area (Å²) in [6.45, 7) is 2.83. The van der Waals surface area contributed by atoms with Gasteiger partial charge in [-0.15, -0.1) is 0 Å². The van der Waals surface area contributed by atoms with Crippen molar-refractivity contribution in [3.63, 3.8) is 0 Å². The molecule has 2 aliphatic rings. The molecule has 6 nitrogen and oxygen atoms in total. The predicted octanol–water partition coefficient (Wildman–Crippen LogP) is 1.93. The maximum atomic E-state index is 14.3. The van der Waals surface area contributed by atoms with Gasteiger partial charge < -0.3 is 19.5 Å². The van der Waals surface area contributed by atoms with Gasteiger partial charge in [-0.3, -0.25) is 4.79 Å². The average molecular weight is 323 g/mol. The van der Waals surface area contributed by atoms with E-state index in [0.29, 0.717) is 13.2 Å². The Morgan fingerprint density at radius 3 is 2.52 bits per heavy atom. The highest BCUT2D eigenvalue weighted by atomic mass is 19.1. The number of halogens is 1. The lowest BCUT2D eigenvalue weighted by molar-refractivity contribution is -0.00741. The average Bonchev–Trinajstić information content (AvgIpc) is 2.77. The first kappa shape index (κ1) is 15.7. The van der Waals surface area contributed by atoms with Gasteiger partial charge in [0.25, 0.3) is 5.91 Å². The minimum Gasteiger partial charge on any atom is -0.493 e. The van der Waals surface area contributed by atoms with Gasteiger partial charge in [-0.2, -0.15) is 0 Å². The van der Waals surface area contributed by atoms with E-state index in [-0.39, 0.29) is 35.6 Å². The summed E-state index contributed by atoms with van der Waals surface area (Å²) in [6.07, 6.45) is 1.67. The van der Waals surface area contributed by atoms with Crippen molar-refractivity contribution >= 4 is 11.9 Å². The molecule has 1 amide bonds. The van der Waals surface area contributed by atoms with E-state index < -0.39 is 17.7 Å². The number of hydrogen-bond donors (Lipinski definition) is 1. The summed E-state index contributed by atoms with van der Waals surface area (Å²) in [5.74, 6) is -2.57. The molecule has 0 spiro atoms. The molecule has 0 saturated carbocycles. The smallest absolute Gasteiger partial charge is 0.339 e. The van der Waals surface area contributed by atoms with Crippen LogP contribution in [-0.2, 0) is 4.74 Å². The van der Waals surface area contributed by atoms with Gasteiger partial charge in [-0.1, -0.05) is 0 Å². The molecule has 0 aromatic heterocycles. The standard InChI is InChI=1S/C16H18FNO5/c1-2-23-14-6-11(13(17)5-12(14)16(20)21)15(19)18-9-3-4-10(18)8-22-7-9/h5-6,9-10H,2-4,7-8H2,1H3,(H,20,21). The van der Waals surface area contributed by atoms with Crippen molar-refractivity contribution in [2.75, 3.05) is 19.8 Å². The molecule has 0 aliphatic carbocycles. The molecule has 2 unspecified atom stereocenters. The molecule has 3 rings (SSSR count). The zero-order valence-corrected chi connectivity index (χ0v) is 12.8. The third kappa shape index (κ3) is 2.76. The van der Waals surface area contributed by atoms with Gasteiger partial charge in [0.05, 0.1) is 37.5 Å². The van der Waals surface area contributed by atoms with E-state index in [0.717, 1.165) is 18.9 Å². The Kier molecular flexibility index (Phi) is 4.21. The number of carboxylic acid groups (broad SMARTS) is 1. The highest BCUT2D eigenvalue weighted by Crippen LogP contribution is 2.32. The van der Waals surface area contributed by atoms with Crippen molar-refractivity contribution < 1.29 is 28.6 Å². The normalized spacial score (nSPS) is 23.0. The lowest BCUT2D eigenvalue weighted by atomic mass is 10.1. The summed E-state index contributed by atoms with van der Waals surface area (Å²) >= 11 is 0. The SMILES string of the molecule is CCOc1cc(C(=O)N2C3CCC2COC3)c(F)cc1C(=O)O. The van der Waals surface area contributed by atoms with Crippen molar-refractivity contribution in [3.05, 3.63) is 29.1 Å². The Hall–Kier alpha value is -2.15. The molecular weight excluding hydrogens is 305 g/mol. The molecule has 23 heavy (non-hydrogen) atoms. The Labute approximate surface area is 132 Å². The maximum Gasteiger partial charge on any atom is 0.339 e. The molecule has 7 heteroatoms. The number of rotatable bonds is 4. The zero-order valence-electron chi connectivity index (χ0n) is 12.8. The second kappa shape index (κ2) is 6.16. The van der Waals surface area contributed by atoms with Crippen LogP contribution in [0.5, 0.6) is 5.75 Å². The van der Waals surface area contributed by atoms with E-state index in [2.05, 4.69) is 0 Å². The van der Waals surface area contributed by atoms with E-state index in [9.17, 15) is 14.0 Å². The number of morpholine rings is 1.